The van der Waals surface area contributed by atoms with Crippen molar-refractivity contribution in [3.05, 3.63) is 114 Å². The van der Waals surface area contributed by atoms with Crippen molar-refractivity contribution >= 4 is 23.0 Å². The molecule has 1 aromatic heterocycles. The number of hydrogen-bond acceptors (Lipinski definition) is 3. The van der Waals surface area contributed by atoms with Crippen LogP contribution >= 0.6 is 0 Å². The third kappa shape index (κ3) is 4.62. The molecule has 1 saturated heterocycles. The summed E-state index contributed by atoms with van der Waals surface area (Å²) in [5.41, 5.74) is 6.71. The Balaban J connectivity index is 1.33. The van der Waals surface area contributed by atoms with Crippen molar-refractivity contribution in [3.8, 4) is 5.69 Å². The molecule has 6 rings (SSSR count). The lowest BCUT2D eigenvalue weighted by Gasteiger charge is -2.26. The van der Waals surface area contributed by atoms with Crippen LogP contribution in [0.4, 0.5) is 11.4 Å². The van der Waals surface area contributed by atoms with Crippen LogP contribution < -0.4 is 5.32 Å². The monoisotopic (exact) mass is 474 g/mol. The molecule has 3 heterocycles. The Kier molecular flexibility index (Phi) is 6.22. The Bertz CT molecular complexity index is 1370. The van der Waals surface area contributed by atoms with Gasteiger partial charge < -0.3 is 9.88 Å². The summed E-state index contributed by atoms with van der Waals surface area (Å²) in [5, 5.41) is 3.10. The summed E-state index contributed by atoms with van der Waals surface area (Å²) in [7, 11) is 0. The van der Waals surface area contributed by atoms with Gasteiger partial charge in [0.2, 0.25) is 5.91 Å². The van der Waals surface area contributed by atoms with Gasteiger partial charge in [0.25, 0.3) is 0 Å². The van der Waals surface area contributed by atoms with Crippen LogP contribution in [0.3, 0.4) is 0 Å². The second-order valence-corrected chi connectivity index (χ2v) is 9.65. The molecule has 1 N–H and O–H groups in total. The van der Waals surface area contributed by atoms with Gasteiger partial charge in [-0.25, -0.2) is 0 Å². The average molecular weight is 475 g/mol. The molecule has 0 radical (unpaired) electrons. The quantitative estimate of drug-likeness (QED) is 0.333. The van der Waals surface area contributed by atoms with E-state index in [2.05, 4.69) is 40.5 Å². The molecule has 1 amide bonds. The van der Waals surface area contributed by atoms with Gasteiger partial charge in [0.15, 0.2) is 0 Å². The molecule has 0 aliphatic carbocycles. The topological polar surface area (TPSA) is 49.6 Å². The number of likely N-dealkylation sites (tertiary alicyclic amines) is 1. The lowest BCUT2D eigenvalue weighted by Crippen LogP contribution is -2.28. The molecule has 5 heteroatoms. The molecule has 180 valence electrons. The van der Waals surface area contributed by atoms with E-state index in [1.807, 2.05) is 71.6 Å². The van der Waals surface area contributed by atoms with Crippen LogP contribution in [-0.4, -0.2) is 34.2 Å². The molecule has 2 aliphatic rings. The predicted octanol–water partition coefficient (Wildman–Crippen LogP) is 6.32. The van der Waals surface area contributed by atoms with Gasteiger partial charge in [0, 0.05) is 30.3 Å². The maximum absolute atomic E-state index is 13.3. The second kappa shape index (κ2) is 9.96. The number of nitrogens with zero attached hydrogens (tertiary/aromatic N) is 3. The largest absolute Gasteiger partial charge is 0.325 e. The van der Waals surface area contributed by atoms with Gasteiger partial charge in [0.05, 0.1) is 11.4 Å². The number of hydrogen-bond donors (Lipinski definition) is 1. The summed E-state index contributed by atoms with van der Waals surface area (Å²) in [4.78, 5) is 20.9. The van der Waals surface area contributed by atoms with E-state index >= 15 is 0 Å². The van der Waals surface area contributed by atoms with Crippen molar-refractivity contribution in [1.82, 2.24) is 9.47 Å². The zero-order chi connectivity index (χ0) is 24.3. The van der Waals surface area contributed by atoms with Gasteiger partial charge in [-0.15, -0.1) is 0 Å². The lowest BCUT2D eigenvalue weighted by atomic mass is 9.90. The molecular weight excluding hydrogens is 444 g/mol. The number of amides is 1. The predicted molar refractivity (Wildman–Crippen MR) is 145 cm³/mol. The molecule has 1 fully saturated rings. The van der Waals surface area contributed by atoms with Gasteiger partial charge in [0.1, 0.15) is 5.92 Å². The van der Waals surface area contributed by atoms with Crippen LogP contribution in [0.1, 0.15) is 41.9 Å². The molecule has 0 bridgehead atoms. The van der Waals surface area contributed by atoms with E-state index in [0.717, 1.165) is 40.4 Å². The van der Waals surface area contributed by atoms with E-state index in [1.165, 1.54) is 37.9 Å². The van der Waals surface area contributed by atoms with E-state index in [9.17, 15) is 4.79 Å². The molecule has 36 heavy (non-hydrogen) atoms. The standard InChI is InChI=1S/C31H30N4O/c36-31-29(27-16-15-26(21-28(27)33-31)35-19-7-8-20-35)30(24-9-3-1-4-10-24)32-25-13-11-23(12-14-25)22-34-17-5-2-6-18-34/h1,3-4,7-16,19-21,29H,2,5-6,17-18,22H2,(H,33,36). The number of aliphatic imine (C=N–C) groups is 1. The first-order valence-corrected chi connectivity index (χ1v) is 12.8. The van der Waals surface area contributed by atoms with Gasteiger partial charge in [-0.2, -0.15) is 0 Å². The minimum absolute atomic E-state index is 0.0426. The molecule has 0 spiro atoms. The highest BCUT2D eigenvalue weighted by atomic mass is 16.2. The molecule has 0 saturated carbocycles. The normalized spacial score (nSPS) is 18.2. The van der Waals surface area contributed by atoms with E-state index in [4.69, 9.17) is 4.99 Å². The van der Waals surface area contributed by atoms with Crippen molar-refractivity contribution in [3.63, 3.8) is 0 Å². The third-order valence-corrected chi connectivity index (χ3v) is 7.15. The van der Waals surface area contributed by atoms with Crippen molar-refractivity contribution in [2.75, 3.05) is 18.4 Å². The highest BCUT2D eigenvalue weighted by Crippen LogP contribution is 2.37. The van der Waals surface area contributed by atoms with E-state index in [-0.39, 0.29) is 5.91 Å². The maximum Gasteiger partial charge on any atom is 0.238 e. The number of carbonyl (C=O) groups excluding carboxylic acids is 1. The van der Waals surface area contributed by atoms with Crippen LogP contribution in [0.25, 0.3) is 5.69 Å². The van der Waals surface area contributed by atoms with Gasteiger partial charge in [-0.05, 0) is 79.0 Å². The van der Waals surface area contributed by atoms with Crippen LogP contribution in [0, 0.1) is 0 Å². The number of nitrogens with one attached hydrogen (secondary N) is 1. The minimum atomic E-state index is -0.464. The summed E-state index contributed by atoms with van der Waals surface area (Å²) in [6.07, 6.45) is 7.93. The number of benzene rings is 3. The third-order valence-electron chi connectivity index (χ3n) is 7.15. The van der Waals surface area contributed by atoms with Crippen LogP contribution in [-0.2, 0) is 11.3 Å². The highest BCUT2D eigenvalue weighted by Gasteiger charge is 2.35. The smallest absolute Gasteiger partial charge is 0.238 e. The van der Waals surface area contributed by atoms with E-state index in [1.54, 1.807) is 0 Å². The van der Waals surface area contributed by atoms with Gasteiger partial charge in [-0.1, -0.05) is 55.0 Å². The average Bonchev–Trinajstić information content (AvgIpc) is 3.57. The Labute approximate surface area is 212 Å². The molecule has 1 unspecified atom stereocenters. The number of aromatic nitrogens is 1. The first-order valence-electron chi connectivity index (χ1n) is 12.8. The Morgan fingerprint density at radius 3 is 2.36 bits per heavy atom. The SMILES string of the molecule is O=C1Nc2cc(-n3cccc3)ccc2C1C(=Nc1ccc(CN2CCCCC2)cc1)c1ccccc1. The Morgan fingerprint density at radius 2 is 1.61 bits per heavy atom. The number of rotatable bonds is 6. The number of carbonyl (C=O) groups is 1. The van der Waals surface area contributed by atoms with Crippen LogP contribution in [0.2, 0.25) is 0 Å². The van der Waals surface area contributed by atoms with Crippen molar-refractivity contribution < 1.29 is 4.79 Å². The number of fused-ring (bicyclic) bond motifs is 1. The minimum Gasteiger partial charge on any atom is -0.325 e. The van der Waals surface area contributed by atoms with Crippen molar-refractivity contribution in [2.45, 2.75) is 31.7 Å². The van der Waals surface area contributed by atoms with Gasteiger partial charge >= 0.3 is 0 Å². The fraction of sp³-hybridized carbons (Fsp3) is 0.226. The summed E-state index contributed by atoms with van der Waals surface area (Å²) >= 11 is 0. The van der Waals surface area contributed by atoms with Crippen molar-refractivity contribution in [1.29, 1.82) is 0 Å². The Morgan fingerprint density at radius 1 is 0.861 bits per heavy atom. The summed E-state index contributed by atoms with van der Waals surface area (Å²) in [6, 6.07) is 28.7. The zero-order valence-corrected chi connectivity index (χ0v) is 20.3. The summed E-state index contributed by atoms with van der Waals surface area (Å²) < 4.78 is 2.04. The molecule has 1 atom stereocenters. The summed E-state index contributed by atoms with van der Waals surface area (Å²) in [6.45, 7) is 3.35. The van der Waals surface area contributed by atoms with Crippen LogP contribution in [0.15, 0.2) is 102 Å². The molecular formula is C31H30N4O. The van der Waals surface area contributed by atoms with Crippen molar-refractivity contribution in [2.24, 2.45) is 4.99 Å². The first kappa shape index (κ1) is 22.5. The first-order chi connectivity index (χ1) is 17.7. The van der Waals surface area contributed by atoms with Gasteiger partial charge in [-0.3, -0.25) is 14.7 Å². The summed E-state index contributed by atoms with van der Waals surface area (Å²) in [5.74, 6) is -0.506. The van der Waals surface area contributed by atoms with E-state index in [0.29, 0.717) is 0 Å². The molecule has 2 aliphatic heterocycles. The molecule has 4 aromatic rings. The van der Waals surface area contributed by atoms with Crippen LogP contribution in [0.5, 0.6) is 0 Å². The second-order valence-electron chi connectivity index (χ2n) is 9.65. The zero-order valence-electron chi connectivity index (χ0n) is 20.3. The Hall–Kier alpha value is -3.96. The van der Waals surface area contributed by atoms with E-state index < -0.39 is 5.92 Å². The lowest BCUT2D eigenvalue weighted by molar-refractivity contribution is -0.115. The number of piperidine rings is 1. The highest BCUT2D eigenvalue weighted by molar-refractivity contribution is 6.24. The maximum atomic E-state index is 13.3. The molecule has 5 nitrogen and oxygen atoms in total. The number of anilines is 1. The molecule has 3 aromatic carbocycles. The fourth-order valence-corrected chi connectivity index (χ4v) is 5.28. The fourth-order valence-electron chi connectivity index (χ4n) is 5.28.